The molecule has 0 aromatic heterocycles. The van der Waals surface area contributed by atoms with E-state index in [0.717, 1.165) is 17.0 Å². The number of amides is 1. The SMILES string of the molecule is O=C1CSC(=NC2CC3CCC2C3)N1. The first kappa shape index (κ1) is 8.77. The molecule has 2 bridgehead atoms. The van der Waals surface area contributed by atoms with Crippen molar-refractivity contribution < 1.29 is 4.79 Å². The monoisotopic (exact) mass is 210 g/mol. The van der Waals surface area contributed by atoms with Crippen LogP contribution in [0.2, 0.25) is 0 Å². The molecule has 76 valence electrons. The van der Waals surface area contributed by atoms with Gasteiger partial charge < -0.3 is 5.32 Å². The third-order valence-electron chi connectivity index (χ3n) is 3.57. The second-order valence-electron chi connectivity index (χ2n) is 4.51. The van der Waals surface area contributed by atoms with E-state index in [-0.39, 0.29) is 5.91 Å². The topological polar surface area (TPSA) is 41.5 Å². The molecule has 3 nitrogen and oxygen atoms in total. The molecule has 1 N–H and O–H groups in total. The molecule has 0 aromatic rings. The molecule has 4 heteroatoms. The van der Waals surface area contributed by atoms with Gasteiger partial charge in [-0.2, -0.15) is 0 Å². The second kappa shape index (κ2) is 3.26. The van der Waals surface area contributed by atoms with Crippen molar-refractivity contribution in [1.82, 2.24) is 5.32 Å². The minimum absolute atomic E-state index is 0.108. The normalized spacial score (nSPS) is 43.6. The Morgan fingerprint density at radius 1 is 1.36 bits per heavy atom. The molecular formula is C10H14N2OS. The predicted octanol–water partition coefficient (Wildman–Crippen LogP) is 1.39. The highest BCUT2D eigenvalue weighted by molar-refractivity contribution is 8.15. The lowest BCUT2D eigenvalue weighted by Gasteiger charge is -2.17. The maximum absolute atomic E-state index is 11.0. The van der Waals surface area contributed by atoms with Gasteiger partial charge in [-0.05, 0) is 31.1 Å². The van der Waals surface area contributed by atoms with E-state index in [9.17, 15) is 4.79 Å². The summed E-state index contributed by atoms with van der Waals surface area (Å²) in [6.07, 6.45) is 5.39. The molecule has 0 radical (unpaired) electrons. The average molecular weight is 210 g/mol. The average Bonchev–Trinajstić information content (AvgIpc) is 2.82. The van der Waals surface area contributed by atoms with E-state index in [4.69, 9.17) is 0 Å². The molecule has 3 atom stereocenters. The Bertz CT molecular complexity index is 302. The first-order chi connectivity index (χ1) is 6.81. The summed E-state index contributed by atoms with van der Waals surface area (Å²) < 4.78 is 0. The van der Waals surface area contributed by atoms with E-state index in [1.165, 1.54) is 25.7 Å². The molecule has 3 unspecified atom stereocenters. The summed E-state index contributed by atoms with van der Waals surface area (Å²) in [5.41, 5.74) is 0. The quantitative estimate of drug-likeness (QED) is 0.710. The van der Waals surface area contributed by atoms with E-state index in [1.807, 2.05) is 0 Å². The van der Waals surface area contributed by atoms with Crippen molar-refractivity contribution in [2.75, 3.05) is 5.75 Å². The van der Waals surface area contributed by atoms with Crippen LogP contribution in [0.3, 0.4) is 0 Å². The molecule has 1 aliphatic heterocycles. The number of carbonyl (C=O) groups is 1. The molecule has 2 saturated carbocycles. The molecule has 1 saturated heterocycles. The molecule has 1 heterocycles. The summed E-state index contributed by atoms with van der Waals surface area (Å²) in [6.45, 7) is 0. The number of thioether (sulfide) groups is 1. The molecule has 0 aromatic carbocycles. The van der Waals surface area contributed by atoms with E-state index >= 15 is 0 Å². The Labute approximate surface area is 87.7 Å². The highest BCUT2D eigenvalue weighted by atomic mass is 32.2. The van der Waals surface area contributed by atoms with Gasteiger partial charge in [0.05, 0.1) is 11.8 Å². The van der Waals surface area contributed by atoms with Crippen molar-refractivity contribution >= 4 is 22.8 Å². The number of hydrogen-bond acceptors (Lipinski definition) is 3. The van der Waals surface area contributed by atoms with Crippen molar-refractivity contribution in [3.8, 4) is 0 Å². The van der Waals surface area contributed by atoms with Gasteiger partial charge in [0.2, 0.25) is 5.91 Å². The number of rotatable bonds is 1. The van der Waals surface area contributed by atoms with Crippen molar-refractivity contribution in [3.63, 3.8) is 0 Å². The molecule has 14 heavy (non-hydrogen) atoms. The van der Waals surface area contributed by atoms with Crippen molar-refractivity contribution in [2.45, 2.75) is 31.7 Å². The van der Waals surface area contributed by atoms with Gasteiger partial charge in [0.1, 0.15) is 0 Å². The lowest BCUT2D eigenvalue weighted by molar-refractivity contribution is -0.116. The molecule has 3 fully saturated rings. The molecular weight excluding hydrogens is 196 g/mol. The number of aliphatic imine (C=N–C) groups is 1. The molecule has 3 aliphatic rings. The molecule has 1 amide bonds. The predicted molar refractivity (Wildman–Crippen MR) is 57.3 cm³/mol. The fourth-order valence-electron chi connectivity index (χ4n) is 2.91. The lowest BCUT2D eigenvalue weighted by atomic mass is 9.96. The molecule has 0 spiro atoms. The summed E-state index contributed by atoms with van der Waals surface area (Å²) in [4.78, 5) is 15.6. The van der Waals surface area contributed by atoms with Gasteiger partial charge in [-0.15, -0.1) is 0 Å². The summed E-state index contributed by atoms with van der Waals surface area (Å²) in [6, 6.07) is 0.509. The number of nitrogens with one attached hydrogen (secondary N) is 1. The van der Waals surface area contributed by atoms with Gasteiger partial charge in [0.15, 0.2) is 5.17 Å². The Hall–Kier alpha value is -0.510. The fourth-order valence-corrected chi connectivity index (χ4v) is 3.65. The van der Waals surface area contributed by atoms with Crippen LogP contribution in [-0.2, 0) is 4.79 Å². The second-order valence-corrected chi connectivity index (χ2v) is 5.48. The van der Waals surface area contributed by atoms with E-state index in [1.54, 1.807) is 11.8 Å². The van der Waals surface area contributed by atoms with E-state index in [2.05, 4.69) is 10.3 Å². The Morgan fingerprint density at radius 3 is 2.86 bits per heavy atom. The van der Waals surface area contributed by atoms with Crippen LogP contribution in [0.5, 0.6) is 0 Å². The number of amidine groups is 1. The van der Waals surface area contributed by atoms with Crippen LogP contribution in [0, 0.1) is 11.8 Å². The summed E-state index contributed by atoms with van der Waals surface area (Å²) in [7, 11) is 0. The summed E-state index contributed by atoms with van der Waals surface area (Å²) in [5.74, 6) is 2.40. The van der Waals surface area contributed by atoms with Crippen LogP contribution in [0.25, 0.3) is 0 Å². The summed E-state index contributed by atoms with van der Waals surface area (Å²) in [5, 5.41) is 3.68. The van der Waals surface area contributed by atoms with Gasteiger partial charge in [0, 0.05) is 0 Å². The van der Waals surface area contributed by atoms with Crippen molar-refractivity contribution in [2.24, 2.45) is 16.8 Å². The van der Waals surface area contributed by atoms with Crippen LogP contribution in [-0.4, -0.2) is 22.9 Å². The first-order valence-corrected chi connectivity index (χ1v) is 6.30. The fraction of sp³-hybridized carbons (Fsp3) is 0.800. The highest BCUT2D eigenvalue weighted by Gasteiger charge is 2.39. The number of nitrogens with zero attached hydrogens (tertiary/aromatic N) is 1. The van der Waals surface area contributed by atoms with Crippen LogP contribution in [0.15, 0.2) is 4.99 Å². The Morgan fingerprint density at radius 2 is 2.29 bits per heavy atom. The van der Waals surface area contributed by atoms with Crippen LogP contribution in [0.1, 0.15) is 25.7 Å². The van der Waals surface area contributed by atoms with E-state index in [0.29, 0.717) is 11.8 Å². The highest BCUT2D eigenvalue weighted by Crippen LogP contribution is 2.46. The lowest BCUT2D eigenvalue weighted by Crippen LogP contribution is -2.23. The van der Waals surface area contributed by atoms with Crippen LogP contribution < -0.4 is 5.32 Å². The minimum atomic E-state index is 0.108. The maximum atomic E-state index is 11.0. The number of fused-ring (bicyclic) bond motifs is 2. The largest absolute Gasteiger partial charge is 0.305 e. The smallest absolute Gasteiger partial charge is 0.236 e. The molecule has 2 aliphatic carbocycles. The van der Waals surface area contributed by atoms with Gasteiger partial charge in [-0.3, -0.25) is 9.79 Å². The Balaban J connectivity index is 1.70. The van der Waals surface area contributed by atoms with Crippen molar-refractivity contribution in [3.05, 3.63) is 0 Å². The maximum Gasteiger partial charge on any atom is 0.236 e. The van der Waals surface area contributed by atoms with Crippen molar-refractivity contribution in [1.29, 1.82) is 0 Å². The van der Waals surface area contributed by atoms with E-state index < -0.39 is 0 Å². The zero-order valence-electron chi connectivity index (χ0n) is 8.03. The first-order valence-electron chi connectivity index (χ1n) is 5.32. The zero-order chi connectivity index (χ0) is 9.54. The summed E-state index contributed by atoms with van der Waals surface area (Å²) >= 11 is 1.55. The molecule has 3 rings (SSSR count). The third kappa shape index (κ3) is 1.45. The van der Waals surface area contributed by atoms with Gasteiger partial charge >= 0.3 is 0 Å². The Kier molecular flexibility index (Phi) is 2.04. The van der Waals surface area contributed by atoms with Gasteiger partial charge in [0.25, 0.3) is 0 Å². The number of hydrogen-bond donors (Lipinski definition) is 1. The van der Waals surface area contributed by atoms with Gasteiger partial charge in [-0.25, -0.2) is 0 Å². The minimum Gasteiger partial charge on any atom is -0.305 e. The zero-order valence-corrected chi connectivity index (χ0v) is 8.85. The number of carbonyl (C=O) groups excluding carboxylic acids is 1. The standard InChI is InChI=1S/C10H14N2OS/c13-9-5-14-10(12-9)11-8-4-6-1-2-7(8)3-6/h6-8H,1-5H2,(H,11,12,13). The van der Waals surface area contributed by atoms with Crippen LogP contribution >= 0.6 is 11.8 Å². The van der Waals surface area contributed by atoms with Crippen LogP contribution in [0.4, 0.5) is 0 Å². The third-order valence-corrected chi connectivity index (χ3v) is 4.46. The van der Waals surface area contributed by atoms with Gasteiger partial charge in [-0.1, -0.05) is 18.2 Å².